The van der Waals surface area contributed by atoms with Crippen molar-refractivity contribution >= 4 is 17.5 Å². The molecule has 0 fully saturated rings. The van der Waals surface area contributed by atoms with E-state index in [1.807, 2.05) is 13.0 Å². The molecule has 152 valence electrons. The number of carbonyl (C=O) groups is 2. The second-order valence-corrected chi connectivity index (χ2v) is 6.01. The molecule has 0 aliphatic carbocycles. The molecule has 2 amide bonds. The molecule has 2 aromatic rings. The Balaban J connectivity index is 1.98. The van der Waals surface area contributed by atoms with Crippen molar-refractivity contribution in [1.82, 2.24) is 5.32 Å². The third-order valence-electron chi connectivity index (χ3n) is 4.01. The van der Waals surface area contributed by atoms with Gasteiger partial charge in [-0.25, -0.2) is 8.78 Å². The van der Waals surface area contributed by atoms with Crippen LogP contribution in [0, 0.1) is 23.0 Å². The van der Waals surface area contributed by atoms with Gasteiger partial charge in [-0.3, -0.25) is 9.59 Å². The lowest BCUT2D eigenvalue weighted by atomic mass is 10.2. The van der Waals surface area contributed by atoms with E-state index in [2.05, 4.69) is 5.32 Å². The molecule has 0 saturated heterocycles. The molecule has 0 aromatic heterocycles. The van der Waals surface area contributed by atoms with E-state index in [4.69, 9.17) is 10.00 Å². The van der Waals surface area contributed by atoms with Crippen LogP contribution >= 0.6 is 0 Å². The highest BCUT2D eigenvalue weighted by Gasteiger charge is 2.17. The van der Waals surface area contributed by atoms with Crippen molar-refractivity contribution in [3.05, 3.63) is 59.7 Å². The summed E-state index contributed by atoms with van der Waals surface area (Å²) in [6.07, 6.45) is 0.0965. The third kappa shape index (κ3) is 6.28. The molecule has 2 aromatic carbocycles. The fourth-order valence-electron chi connectivity index (χ4n) is 2.64. The van der Waals surface area contributed by atoms with E-state index in [0.29, 0.717) is 24.1 Å². The molecule has 29 heavy (non-hydrogen) atoms. The van der Waals surface area contributed by atoms with Crippen LogP contribution in [0.2, 0.25) is 0 Å². The number of ether oxygens (including phenoxy) is 1. The lowest BCUT2D eigenvalue weighted by molar-refractivity contribution is -0.118. The summed E-state index contributed by atoms with van der Waals surface area (Å²) < 4.78 is 32.0. The van der Waals surface area contributed by atoms with Gasteiger partial charge in [0.1, 0.15) is 17.4 Å². The highest BCUT2D eigenvalue weighted by molar-refractivity contribution is 5.96. The topological polar surface area (TPSA) is 82.4 Å². The number of nitrogens with zero attached hydrogens (tertiary/aromatic N) is 2. The summed E-state index contributed by atoms with van der Waals surface area (Å²) in [6.45, 7) is 2.55. The predicted octanol–water partition coefficient (Wildman–Crippen LogP) is 3.43. The van der Waals surface area contributed by atoms with Crippen LogP contribution < -0.4 is 15.0 Å². The lowest BCUT2D eigenvalue weighted by Crippen LogP contribution is -2.35. The van der Waals surface area contributed by atoms with Crippen LogP contribution in [-0.4, -0.2) is 31.5 Å². The zero-order valence-corrected chi connectivity index (χ0v) is 16.0. The van der Waals surface area contributed by atoms with Gasteiger partial charge in [-0.2, -0.15) is 5.26 Å². The summed E-state index contributed by atoms with van der Waals surface area (Å²) in [5, 5.41) is 11.3. The molecule has 0 radical (unpaired) electrons. The average molecular weight is 401 g/mol. The van der Waals surface area contributed by atoms with E-state index >= 15 is 0 Å². The molecule has 0 aliphatic heterocycles. The third-order valence-corrected chi connectivity index (χ3v) is 4.01. The minimum atomic E-state index is -0.973. The molecule has 0 atom stereocenters. The number of nitrogens with one attached hydrogen (secondary N) is 1. The zero-order chi connectivity index (χ0) is 21.2. The van der Waals surface area contributed by atoms with E-state index in [1.54, 1.807) is 24.3 Å². The van der Waals surface area contributed by atoms with Gasteiger partial charge in [0.2, 0.25) is 5.91 Å². The monoisotopic (exact) mass is 401 g/mol. The van der Waals surface area contributed by atoms with Crippen molar-refractivity contribution < 1.29 is 23.1 Å². The minimum absolute atomic E-state index is 0.0332. The van der Waals surface area contributed by atoms with Gasteiger partial charge in [-0.15, -0.1) is 0 Å². The van der Waals surface area contributed by atoms with Crippen molar-refractivity contribution in [1.29, 1.82) is 5.26 Å². The van der Waals surface area contributed by atoms with Crippen LogP contribution in [-0.2, 0) is 4.79 Å². The number of amides is 2. The summed E-state index contributed by atoms with van der Waals surface area (Å²) in [7, 11) is 0. The van der Waals surface area contributed by atoms with Crippen LogP contribution in [0.25, 0.3) is 0 Å². The first kappa shape index (κ1) is 21.8. The van der Waals surface area contributed by atoms with Crippen molar-refractivity contribution in [3.63, 3.8) is 0 Å². The van der Waals surface area contributed by atoms with Crippen LogP contribution in [0.15, 0.2) is 42.5 Å². The Morgan fingerprint density at radius 3 is 2.52 bits per heavy atom. The summed E-state index contributed by atoms with van der Waals surface area (Å²) in [4.78, 5) is 26.1. The van der Waals surface area contributed by atoms with Gasteiger partial charge in [0, 0.05) is 31.3 Å². The summed E-state index contributed by atoms with van der Waals surface area (Å²) in [5.74, 6) is -2.13. The van der Waals surface area contributed by atoms with E-state index in [0.717, 1.165) is 12.1 Å². The molecular formula is C21H21F2N3O3. The quantitative estimate of drug-likeness (QED) is 0.698. The number of hydrogen-bond donors (Lipinski definition) is 1. The maximum absolute atomic E-state index is 13.6. The van der Waals surface area contributed by atoms with Gasteiger partial charge in [-0.1, -0.05) is 0 Å². The Morgan fingerprint density at radius 2 is 1.90 bits per heavy atom. The average Bonchev–Trinajstić information content (AvgIpc) is 2.69. The zero-order valence-electron chi connectivity index (χ0n) is 16.0. The van der Waals surface area contributed by atoms with Gasteiger partial charge in [-0.05, 0) is 43.3 Å². The fraction of sp³-hybridized carbons (Fsp3) is 0.286. The smallest absolute Gasteiger partial charge is 0.254 e. The van der Waals surface area contributed by atoms with Gasteiger partial charge in [0.25, 0.3) is 5.91 Å². The maximum atomic E-state index is 13.6. The van der Waals surface area contributed by atoms with Gasteiger partial charge >= 0.3 is 0 Å². The minimum Gasteiger partial charge on any atom is -0.494 e. The molecule has 6 nitrogen and oxygen atoms in total. The largest absolute Gasteiger partial charge is 0.494 e. The molecular weight excluding hydrogens is 380 g/mol. The van der Waals surface area contributed by atoms with Gasteiger partial charge in [0.05, 0.1) is 24.7 Å². The van der Waals surface area contributed by atoms with Crippen molar-refractivity contribution in [2.75, 3.05) is 24.6 Å². The Bertz CT molecular complexity index is 895. The number of rotatable bonds is 9. The Hall–Kier alpha value is -3.47. The highest BCUT2D eigenvalue weighted by Crippen LogP contribution is 2.20. The number of carbonyl (C=O) groups excluding carboxylic acids is 2. The molecule has 0 unspecified atom stereocenters. The second kappa shape index (κ2) is 10.8. The van der Waals surface area contributed by atoms with Gasteiger partial charge < -0.3 is 15.0 Å². The Morgan fingerprint density at radius 1 is 1.17 bits per heavy atom. The van der Waals surface area contributed by atoms with Crippen LogP contribution in [0.1, 0.15) is 30.1 Å². The molecule has 0 bridgehead atoms. The maximum Gasteiger partial charge on any atom is 0.254 e. The number of benzene rings is 2. The predicted molar refractivity (Wildman–Crippen MR) is 104 cm³/mol. The van der Waals surface area contributed by atoms with Crippen molar-refractivity contribution in [3.8, 4) is 11.8 Å². The molecule has 0 heterocycles. The highest BCUT2D eigenvalue weighted by atomic mass is 19.1. The number of anilines is 1. The first-order valence-electron chi connectivity index (χ1n) is 9.09. The van der Waals surface area contributed by atoms with Crippen molar-refractivity contribution in [2.24, 2.45) is 0 Å². The molecule has 8 heteroatoms. The number of hydrogen-bond acceptors (Lipinski definition) is 4. The lowest BCUT2D eigenvalue weighted by Gasteiger charge is -2.22. The summed E-state index contributed by atoms with van der Waals surface area (Å²) >= 11 is 0. The van der Waals surface area contributed by atoms with Crippen LogP contribution in [0.5, 0.6) is 5.75 Å². The molecule has 1 N–H and O–H groups in total. The fourth-order valence-corrected chi connectivity index (χ4v) is 2.64. The molecule has 2 rings (SSSR count). The first-order chi connectivity index (χ1) is 14.0. The van der Waals surface area contributed by atoms with E-state index < -0.39 is 17.5 Å². The molecule has 0 spiro atoms. The number of nitriles is 1. The van der Waals surface area contributed by atoms with E-state index in [-0.39, 0.29) is 37.4 Å². The Labute approximate surface area is 167 Å². The Kier molecular flexibility index (Phi) is 8.10. The normalized spacial score (nSPS) is 10.1. The standard InChI is InChI=1S/C21H21F2N3O3/c1-2-29-17-7-5-16(6-8-17)26(13-3-11-24)20(27)10-12-25-21(28)18-9-4-15(22)14-19(18)23/h4-9,14H,2-3,10,12-13H2,1H3,(H,25,28). The van der Waals surface area contributed by atoms with Gasteiger partial charge in [0.15, 0.2) is 0 Å². The summed E-state index contributed by atoms with van der Waals surface area (Å²) in [6, 6.07) is 11.5. The van der Waals surface area contributed by atoms with E-state index in [9.17, 15) is 18.4 Å². The molecule has 0 aliphatic rings. The summed E-state index contributed by atoms with van der Waals surface area (Å²) in [5.41, 5.74) is 0.302. The van der Waals surface area contributed by atoms with Crippen molar-refractivity contribution in [2.45, 2.75) is 19.8 Å². The van der Waals surface area contributed by atoms with Crippen LogP contribution in [0.4, 0.5) is 14.5 Å². The number of halogens is 2. The molecule has 0 saturated carbocycles. The SMILES string of the molecule is CCOc1ccc(N(CCC#N)C(=O)CCNC(=O)c2ccc(F)cc2F)cc1. The second-order valence-electron chi connectivity index (χ2n) is 6.01. The van der Waals surface area contributed by atoms with Crippen LogP contribution in [0.3, 0.4) is 0 Å². The van der Waals surface area contributed by atoms with E-state index in [1.165, 1.54) is 4.90 Å². The first-order valence-corrected chi connectivity index (χ1v) is 9.09.